The first-order chi connectivity index (χ1) is 11.0. The molecular weight excluding hydrogens is 317 g/mol. The Labute approximate surface area is 176 Å². The summed E-state index contributed by atoms with van der Waals surface area (Å²) in [7, 11) is 0. The second-order valence-corrected chi connectivity index (χ2v) is 8.03. The van der Waals surface area contributed by atoms with Crippen molar-refractivity contribution in [3.05, 3.63) is 0 Å². The Morgan fingerprint density at radius 3 is 1.35 bits per heavy atom. The van der Waals surface area contributed by atoms with Gasteiger partial charge in [-0.2, -0.15) is 0 Å². The van der Waals surface area contributed by atoms with Crippen molar-refractivity contribution in [2.75, 3.05) is 6.54 Å². The number of carboxylic acid groups (broad SMARTS) is 1. The van der Waals surface area contributed by atoms with Crippen molar-refractivity contribution in [2.45, 2.75) is 96.8 Å². The Morgan fingerprint density at radius 2 is 1.09 bits per heavy atom. The van der Waals surface area contributed by atoms with Crippen LogP contribution in [0.25, 0.3) is 0 Å². The third-order valence-corrected chi connectivity index (χ3v) is 4.59. The molecule has 132 valence electrons. The SMILES string of the molecule is CCCCCCCCCCCCCCC[C](=O)[K].NCC(=O)O. The van der Waals surface area contributed by atoms with Crippen molar-refractivity contribution in [2.24, 2.45) is 5.73 Å². The van der Waals surface area contributed by atoms with Gasteiger partial charge < -0.3 is 10.8 Å². The molecule has 0 bridgehead atoms. The molecule has 0 saturated heterocycles. The molecule has 0 amide bonds. The number of unbranched alkanes of at least 4 members (excludes halogenated alkanes) is 12. The molecule has 4 nitrogen and oxygen atoms in total. The number of hydrogen-bond acceptors (Lipinski definition) is 3. The molecular formula is C18H36KNO3. The van der Waals surface area contributed by atoms with Gasteiger partial charge in [-0.05, 0) is 0 Å². The summed E-state index contributed by atoms with van der Waals surface area (Å²) in [5.41, 5.74) is 4.57. The van der Waals surface area contributed by atoms with Crippen molar-refractivity contribution in [1.82, 2.24) is 0 Å². The van der Waals surface area contributed by atoms with E-state index in [0.717, 1.165) is 12.8 Å². The van der Waals surface area contributed by atoms with E-state index in [1.165, 1.54) is 77.0 Å². The molecule has 23 heavy (non-hydrogen) atoms. The smallest absolute Gasteiger partial charge is 0.317 e. The van der Waals surface area contributed by atoms with Gasteiger partial charge in [-0.1, -0.05) is 26.2 Å². The van der Waals surface area contributed by atoms with E-state index in [-0.39, 0.29) is 6.54 Å². The van der Waals surface area contributed by atoms with Crippen LogP contribution in [0.3, 0.4) is 0 Å². The van der Waals surface area contributed by atoms with Crippen LogP contribution < -0.4 is 5.73 Å². The minimum absolute atomic E-state index is 0.278. The zero-order valence-corrected chi connectivity index (χ0v) is 18.6. The fourth-order valence-electron chi connectivity index (χ4n) is 2.39. The van der Waals surface area contributed by atoms with Gasteiger partial charge in [-0.3, -0.25) is 4.79 Å². The maximum absolute atomic E-state index is 10.8. The number of hydrogen-bond donors (Lipinski definition) is 2. The number of rotatable bonds is 15. The molecule has 0 aromatic rings. The van der Waals surface area contributed by atoms with Gasteiger partial charge in [0.2, 0.25) is 0 Å². The zero-order chi connectivity index (χ0) is 17.8. The van der Waals surface area contributed by atoms with Crippen molar-refractivity contribution < 1.29 is 14.7 Å². The molecule has 0 aliphatic heterocycles. The standard InChI is InChI=1S/C16H31O.C2H5NO2.K/c1-2-3-4-5-6-7-8-9-10-11-12-13-14-15-16-17;3-1-2(4)5;/h2-15H2,1H3;1,3H2,(H,4,5);. The Hall–Kier alpha value is 0.736. The fraction of sp³-hybridized carbons (Fsp3) is 0.889. The number of carbonyl (C=O) groups excluding carboxylic acids is 1. The average molecular weight is 354 g/mol. The number of carboxylic acids is 1. The van der Waals surface area contributed by atoms with Crippen LogP contribution in [0.2, 0.25) is 0 Å². The van der Waals surface area contributed by atoms with E-state index in [0.29, 0.717) is 48.8 Å². The predicted molar refractivity (Wildman–Crippen MR) is 97.8 cm³/mol. The molecule has 5 heteroatoms. The van der Waals surface area contributed by atoms with Gasteiger partial charge in [0, 0.05) is 0 Å². The maximum Gasteiger partial charge on any atom is 0.317 e. The maximum atomic E-state index is 10.8. The van der Waals surface area contributed by atoms with Gasteiger partial charge in [0.05, 0.1) is 6.54 Å². The Kier molecular flexibility index (Phi) is 25.7. The topological polar surface area (TPSA) is 80.4 Å². The summed E-state index contributed by atoms with van der Waals surface area (Å²) in [5.74, 6) is -0.968. The molecule has 3 N–H and O–H groups in total. The van der Waals surface area contributed by atoms with Crippen LogP contribution >= 0.6 is 0 Å². The molecule has 0 spiro atoms. The van der Waals surface area contributed by atoms with Crippen LogP contribution in [0.5, 0.6) is 0 Å². The summed E-state index contributed by atoms with van der Waals surface area (Å²) in [4.78, 5) is 20.1. The van der Waals surface area contributed by atoms with E-state index >= 15 is 0 Å². The van der Waals surface area contributed by atoms with Crippen molar-refractivity contribution in [3.63, 3.8) is 0 Å². The molecule has 0 fully saturated rings. The first kappa shape index (κ1) is 26.0. The molecule has 0 rings (SSSR count). The summed E-state index contributed by atoms with van der Waals surface area (Å²) in [6.45, 7) is 2.00. The third kappa shape index (κ3) is 31.1. The van der Waals surface area contributed by atoms with Gasteiger partial charge in [0.25, 0.3) is 0 Å². The van der Waals surface area contributed by atoms with E-state index in [2.05, 4.69) is 12.7 Å². The molecule has 0 saturated carbocycles. The molecule has 0 unspecified atom stereocenters. The first-order valence-corrected chi connectivity index (χ1v) is 11.0. The number of aliphatic carboxylic acids is 1. The molecule has 0 aliphatic carbocycles. The Bertz CT molecular complexity index is 273. The minimum Gasteiger partial charge on any atom is -0.480 e. The molecule has 0 aromatic carbocycles. The summed E-state index contributed by atoms with van der Waals surface area (Å²) in [6, 6.07) is 0. The monoisotopic (exact) mass is 353 g/mol. The molecule has 0 atom stereocenters. The molecule has 0 aliphatic rings. The summed E-state index contributed by atoms with van der Waals surface area (Å²) in [6.07, 6.45) is 18.9. The third-order valence-electron chi connectivity index (χ3n) is 3.81. The van der Waals surface area contributed by atoms with Crippen LogP contribution in [0.4, 0.5) is 0 Å². The van der Waals surface area contributed by atoms with Crippen LogP contribution in [-0.2, 0) is 9.59 Å². The summed E-state index contributed by atoms with van der Waals surface area (Å²) in [5, 5.41) is 7.60. The Balaban J connectivity index is 0. The second-order valence-electron chi connectivity index (χ2n) is 6.29. The van der Waals surface area contributed by atoms with E-state index in [9.17, 15) is 9.59 Å². The minimum atomic E-state index is -0.968. The van der Waals surface area contributed by atoms with Crippen LogP contribution in [0, 0.1) is 0 Å². The normalized spacial score (nSPS) is 10.1. The Morgan fingerprint density at radius 1 is 0.783 bits per heavy atom. The molecule has 0 heterocycles. The predicted octanol–water partition coefficient (Wildman–Crippen LogP) is 4.19. The van der Waals surface area contributed by atoms with E-state index in [1.54, 1.807) is 0 Å². The summed E-state index contributed by atoms with van der Waals surface area (Å²) < 4.78 is 0.533. The van der Waals surface area contributed by atoms with E-state index in [4.69, 9.17) is 5.11 Å². The largest absolute Gasteiger partial charge is 0.480 e. The molecule has 0 radical (unpaired) electrons. The van der Waals surface area contributed by atoms with Crippen LogP contribution in [0.15, 0.2) is 0 Å². The van der Waals surface area contributed by atoms with Crippen molar-refractivity contribution in [3.8, 4) is 0 Å². The van der Waals surface area contributed by atoms with Gasteiger partial charge >= 0.3 is 130 Å². The van der Waals surface area contributed by atoms with Gasteiger partial charge in [0.15, 0.2) is 0 Å². The molecule has 0 aromatic heterocycles. The number of nitrogens with two attached hydrogens (primary N) is 1. The van der Waals surface area contributed by atoms with Crippen molar-refractivity contribution in [1.29, 1.82) is 0 Å². The van der Waals surface area contributed by atoms with Gasteiger partial charge in [-0.25, -0.2) is 0 Å². The van der Waals surface area contributed by atoms with Crippen LogP contribution in [0.1, 0.15) is 96.8 Å². The average Bonchev–Trinajstić information content (AvgIpc) is 2.52. The first-order valence-electron chi connectivity index (χ1n) is 9.45. The van der Waals surface area contributed by atoms with Crippen LogP contribution in [-0.4, -0.2) is 66.5 Å². The van der Waals surface area contributed by atoms with E-state index < -0.39 is 5.97 Å². The van der Waals surface area contributed by atoms with Crippen molar-refractivity contribution >= 4 is 54.8 Å². The van der Waals surface area contributed by atoms with Gasteiger partial charge in [0.1, 0.15) is 0 Å². The quantitative estimate of drug-likeness (QED) is 0.342. The summed E-state index contributed by atoms with van der Waals surface area (Å²) >= 11 is 0.421. The second kappa shape index (κ2) is 22.7. The fourth-order valence-corrected chi connectivity index (χ4v) is 2.94. The number of carbonyl (C=O) groups is 2. The zero-order valence-electron chi connectivity index (χ0n) is 15.4. The van der Waals surface area contributed by atoms with Gasteiger partial charge in [-0.15, -0.1) is 0 Å². The van der Waals surface area contributed by atoms with E-state index in [1.807, 2.05) is 0 Å².